The predicted molar refractivity (Wildman–Crippen MR) is 59.0 cm³/mol. The Hall–Kier alpha value is -1.68. The number of hydrogen-bond donors (Lipinski definition) is 0. The van der Waals surface area contributed by atoms with Crippen molar-refractivity contribution in [2.75, 3.05) is 7.11 Å². The van der Waals surface area contributed by atoms with Crippen molar-refractivity contribution in [2.45, 2.75) is 0 Å². The molecule has 1 heterocycles. The summed E-state index contributed by atoms with van der Waals surface area (Å²) in [5.41, 5.74) is 0.684. The first-order valence-corrected chi connectivity index (χ1v) is 4.91. The monoisotopic (exact) mass is 238 g/mol. The van der Waals surface area contributed by atoms with E-state index in [4.69, 9.17) is 16.3 Å². The number of hydrogen-bond acceptors (Lipinski definition) is 3. The fourth-order valence-electron chi connectivity index (χ4n) is 1.37. The Morgan fingerprint density at radius 2 is 2.06 bits per heavy atom. The third-order valence-corrected chi connectivity index (χ3v) is 2.26. The molecule has 82 valence electrons. The van der Waals surface area contributed by atoms with Crippen LogP contribution in [0.25, 0.3) is 11.3 Å². The molecule has 0 aliphatic rings. The third-order valence-electron chi connectivity index (χ3n) is 2.08. The van der Waals surface area contributed by atoms with E-state index >= 15 is 0 Å². The van der Waals surface area contributed by atoms with Crippen LogP contribution in [-0.2, 0) is 0 Å². The van der Waals surface area contributed by atoms with Gasteiger partial charge in [0.1, 0.15) is 11.4 Å². The molecule has 16 heavy (non-hydrogen) atoms. The van der Waals surface area contributed by atoms with E-state index in [9.17, 15) is 4.39 Å². The van der Waals surface area contributed by atoms with Gasteiger partial charge in [-0.05, 0) is 23.7 Å². The fourth-order valence-corrected chi connectivity index (χ4v) is 1.51. The molecule has 0 N–H and O–H groups in total. The summed E-state index contributed by atoms with van der Waals surface area (Å²) in [6.45, 7) is 0. The van der Waals surface area contributed by atoms with E-state index in [0.717, 1.165) is 6.20 Å². The van der Waals surface area contributed by atoms with Crippen LogP contribution < -0.4 is 4.74 Å². The number of methoxy groups -OCH3 is 1. The molecular formula is C11H8ClFN2O. The molecule has 5 heteroatoms. The lowest BCUT2D eigenvalue weighted by Gasteiger charge is -2.07. The molecule has 3 nitrogen and oxygen atoms in total. The van der Waals surface area contributed by atoms with Gasteiger partial charge >= 0.3 is 0 Å². The summed E-state index contributed by atoms with van der Waals surface area (Å²) in [7, 11) is 1.51. The normalized spacial score (nSPS) is 10.2. The lowest BCUT2D eigenvalue weighted by Crippen LogP contribution is -1.95. The lowest BCUT2D eigenvalue weighted by atomic mass is 10.1. The Morgan fingerprint density at radius 3 is 2.81 bits per heavy atom. The molecule has 1 aromatic carbocycles. The van der Waals surface area contributed by atoms with Crippen molar-refractivity contribution in [2.24, 2.45) is 0 Å². The summed E-state index contributed by atoms with van der Waals surface area (Å²) in [4.78, 5) is 7.41. The highest BCUT2D eigenvalue weighted by Gasteiger charge is 2.12. The van der Waals surface area contributed by atoms with Crippen LogP contribution in [-0.4, -0.2) is 17.1 Å². The van der Waals surface area contributed by atoms with E-state index in [0.29, 0.717) is 11.3 Å². The average Bonchev–Trinajstić information content (AvgIpc) is 2.32. The highest BCUT2D eigenvalue weighted by molar-refractivity contribution is 6.28. The lowest BCUT2D eigenvalue weighted by molar-refractivity contribution is 0.416. The maximum absolute atomic E-state index is 13.5. The van der Waals surface area contributed by atoms with Gasteiger partial charge in [0.25, 0.3) is 0 Å². The molecule has 0 bridgehead atoms. The number of benzene rings is 1. The van der Waals surface area contributed by atoms with Gasteiger partial charge in [0.05, 0.1) is 13.3 Å². The topological polar surface area (TPSA) is 35.0 Å². The van der Waals surface area contributed by atoms with E-state index in [-0.39, 0.29) is 11.0 Å². The first kappa shape index (κ1) is 10.8. The second kappa shape index (κ2) is 4.45. The zero-order valence-corrected chi connectivity index (χ0v) is 9.20. The van der Waals surface area contributed by atoms with E-state index in [1.807, 2.05) is 0 Å². The van der Waals surface area contributed by atoms with Crippen LogP contribution in [0.5, 0.6) is 5.75 Å². The van der Waals surface area contributed by atoms with Gasteiger partial charge in [0, 0.05) is 5.56 Å². The standard InChI is InChI=1S/C11H8ClFN2O/c1-16-9-5-3-2-4-7(9)10-8(13)6-14-11(12)15-10/h2-6H,1H3. The van der Waals surface area contributed by atoms with Crippen molar-refractivity contribution in [3.05, 3.63) is 41.6 Å². The maximum atomic E-state index is 13.5. The van der Waals surface area contributed by atoms with Gasteiger partial charge in [0.15, 0.2) is 5.82 Å². The van der Waals surface area contributed by atoms with Crippen molar-refractivity contribution in [3.63, 3.8) is 0 Å². The van der Waals surface area contributed by atoms with E-state index in [2.05, 4.69) is 9.97 Å². The summed E-state index contributed by atoms with van der Waals surface area (Å²) in [6.07, 6.45) is 1.04. The zero-order chi connectivity index (χ0) is 11.5. The van der Waals surface area contributed by atoms with E-state index < -0.39 is 5.82 Å². The quantitative estimate of drug-likeness (QED) is 0.755. The Morgan fingerprint density at radius 1 is 1.31 bits per heavy atom. The van der Waals surface area contributed by atoms with Gasteiger partial charge in [-0.1, -0.05) is 12.1 Å². The largest absolute Gasteiger partial charge is 0.496 e. The highest BCUT2D eigenvalue weighted by Crippen LogP contribution is 2.30. The van der Waals surface area contributed by atoms with Gasteiger partial charge in [-0.15, -0.1) is 0 Å². The van der Waals surface area contributed by atoms with Crippen molar-refractivity contribution >= 4 is 11.6 Å². The predicted octanol–water partition coefficient (Wildman–Crippen LogP) is 2.94. The number of nitrogens with zero attached hydrogens (tertiary/aromatic N) is 2. The molecular weight excluding hydrogens is 231 g/mol. The first-order chi connectivity index (χ1) is 7.72. The molecule has 0 unspecified atom stereocenters. The molecule has 0 radical (unpaired) electrons. The average molecular weight is 239 g/mol. The molecule has 0 amide bonds. The molecule has 0 aliphatic carbocycles. The SMILES string of the molecule is COc1ccccc1-c1nc(Cl)ncc1F. The zero-order valence-electron chi connectivity index (χ0n) is 8.45. The van der Waals surface area contributed by atoms with Crippen LogP contribution in [0.15, 0.2) is 30.5 Å². The van der Waals surface area contributed by atoms with E-state index in [1.54, 1.807) is 24.3 Å². The van der Waals surface area contributed by atoms with Crippen LogP contribution >= 0.6 is 11.6 Å². The highest BCUT2D eigenvalue weighted by atomic mass is 35.5. The van der Waals surface area contributed by atoms with Crippen molar-refractivity contribution in [3.8, 4) is 17.0 Å². The molecule has 1 aromatic heterocycles. The minimum absolute atomic E-state index is 0.00214. The molecule has 0 fully saturated rings. The first-order valence-electron chi connectivity index (χ1n) is 4.54. The Balaban J connectivity index is 2.62. The summed E-state index contributed by atoms with van der Waals surface area (Å²) in [5.74, 6) is 0.00469. The third kappa shape index (κ3) is 1.97. The number of aromatic nitrogens is 2. The molecule has 0 spiro atoms. The molecule has 0 saturated carbocycles. The molecule has 2 aromatic rings. The molecule has 0 atom stereocenters. The van der Waals surface area contributed by atoms with Crippen molar-refractivity contribution in [1.29, 1.82) is 0 Å². The van der Waals surface area contributed by atoms with Gasteiger partial charge in [-0.3, -0.25) is 0 Å². The summed E-state index contributed by atoms with van der Waals surface area (Å²) < 4.78 is 18.7. The van der Waals surface area contributed by atoms with E-state index in [1.165, 1.54) is 7.11 Å². The van der Waals surface area contributed by atoms with Gasteiger partial charge in [-0.25, -0.2) is 14.4 Å². The Labute approximate surface area is 96.9 Å². The fraction of sp³-hybridized carbons (Fsp3) is 0.0909. The smallest absolute Gasteiger partial charge is 0.223 e. The minimum atomic E-state index is -0.533. The summed E-state index contributed by atoms with van der Waals surface area (Å²) in [5, 5.41) is 0.00214. The van der Waals surface area contributed by atoms with Gasteiger partial charge in [0.2, 0.25) is 5.28 Å². The van der Waals surface area contributed by atoms with Gasteiger partial charge in [-0.2, -0.15) is 0 Å². The van der Waals surface area contributed by atoms with Crippen molar-refractivity contribution in [1.82, 2.24) is 9.97 Å². The second-order valence-corrected chi connectivity index (χ2v) is 3.37. The van der Waals surface area contributed by atoms with Crippen LogP contribution in [0.2, 0.25) is 5.28 Å². The van der Waals surface area contributed by atoms with Crippen molar-refractivity contribution < 1.29 is 9.13 Å². The number of para-hydroxylation sites is 1. The Kier molecular flexibility index (Phi) is 3.01. The molecule has 2 rings (SSSR count). The molecule has 0 saturated heterocycles. The van der Waals surface area contributed by atoms with Crippen LogP contribution in [0, 0.1) is 5.82 Å². The van der Waals surface area contributed by atoms with Gasteiger partial charge < -0.3 is 4.74 Å². The molecule has 0 aliphatic heterocycles. The number of ether oxygens (including phenoxy) is 1. The summed E-state index contributed by atoms with van der Waals surface area (Å²) in [6, 6.07) is 7.00. The van der Waals surface area contributed by atoms with Crippen LogP contribution in [0.3, 0.4) is 0 Å². The Bertz CT molecular complexity index is 519. The number of rotatable bonds is 2. The summed E-state index contributed by atoms with van der Waals surface area (Å²) >= 11 is 5.63. The second-order valence-electron chi connectivity index (χ2n) is 3.04. The number of halogens is 2. The van der Waals surface area contributed by atoms with Crippen LogP contribution in [0.1, 0.15) is 0 Å². The maximum Gasteiger partial charge on any atom is 0.223 e. The van der Waals surface area contributed by atoms with Crippen LogP contribution in [0.4, 0.5) is 4.39 Å². The minimum Gasteiger partial charge on any atom is -0.496 e.